The Morgan fingerprint density at radius 3 is 2.39 bits per heavy atom. The number of carbonyl (C=O) groups excluding carboxylic acids is 1. The van der Waals surface area contributed by atoms with E-state index in [-0.39, 0.29) is 23.3 Å². The fourth-order valence-electron chi connectivity index (χ4n) is 3.57. The highest BCUT2D eigenvalue weighted by Crippen LogP contribution is 2.31. The van der Waals surface area contributed by atoms with Crippen molar-refractivity contribution in [2.45, 2.75) is 12.8 Å². The molecule has 0 fully saturated rings. The van der Waals surface area contributed by atoms with Gasteiger partial charge in [-0.1, -0.05) is 54.6 Å². The molecule has 0 aliphatic heterocycles. The number of aromatic nitrogens is 2. The largest absolute Gasteiger partial charge is 0.311 e. The van der Waals surface area contributed by atoms with E-state index < -0.39 is 0 Å². The van der Waals surface area contributed by atoms with Crippen LogP contribution in [0.2, 0.25) is 0 Å². The molecule has 0 amide bonds. The Morgan fingerprint density at radius 2 is 1.64 bits per heavy atom. The Kier molecular flexibility index (Phi) is 4.85. The fourth-order valence-corrected chi connectivity index (χ4v) is 3.57. The molecular formula is C24H20N2O2. The van der Waals surface area contributed by atoms with Crippen LogP contribution < -0.4 is 5.56 Å². The van der Waals surface area contributed by atoms with Gasteiger partial charge in [-0.15, -0.1) is 0 Å². The van der Waals surface area contributed by atoms with Crippen molar-refractivity contribution in [3.63, 3.8) is 0 Å². The molecule has 2 aromatic heterocycles. The Hall–Kier alpha value is -3.53. The third-order valence-corrected chi connectivity index (χ3v) is 4.98. The van der Waals surface area contributed by atoms with Crippen molar-refractivity contribution >= 4 is 16.7 Å². The number of aryl methyl sites for hydroxylation is 2. The van der Waals surface area contributed by atoms with Crippen molar-refractivity contribution in [3.05, 3.63) is 101 Å². The number of hydrogen-bond acceptors (Lipinski definition) is 3. The fraction of sp³-hybridized carbons (Fsp3) is 0.125. The molecule has 0 radical (unpaired) electrons. The van der Waals surface area contributed by atoms with Crippen molar-refractivity contribution in [1.29, 1.82) is 0 Å². The quantitative estimate of drug-likeness (QED) is 0.490. The summed E-state index contributed by atoms with van der Waals surface area (Å²) in [5, 5.41) is 0.900. The maximum atomic E-state index is 13.2. The van der Waals surface area contributed by atoms with E-state index in [2.05, 4.69) is 4.98 Å². The van der Waals surface area contributed by atoms with Crippen molar-refractivity contribution in [2.24, 2.45) is 7.05 Å². The molecule has 0 saturated heterocycles. The predicted molar refractivity (Wildman–Crippen MR) is 112 cm³/mol. The summed E-state index contributed by atoms with van der Waals surface area (Å²) < 4.78 is 1.57. The lowest BCUT2D eigenvalue weighted by Crippen LogP contribution is -2.26. The predicted octanol–water partition coefficient (Wildman–Crippen LogP) is 4.42. The van der Waals surface area contributed by atoms with Gasteiger partial charge in [-0.3, -0.25) is 14.6 Å². The van der Waals surface area contributed by atoms with Gasteiger partial charge in [0.25, 0.3) is 5.56 Å². The highest BCUT2D eigenvalue weighted by atomic mass is 16.1. The third kappa shape index (κ3) is 3.25. The number of Topliss-reactive ketones (excluding diaryl/α,β-unsaturated/α-hetero) is 1. The summed E-state index contributed by atoms with van der Waals surface area (Å²) in [6.45, 7) is 0. The smallest absolute Gasteiger partial charge is 0.262 e. The molecule has 0 unspecified atom stereocenters. The number of fused-ring (bicyclic) bond motifs is 1. The van der Waals surface area contributed by atoms with Gasteiger partial charge in [0.2, 0.25) is 0 Å². The third-order valence-electron chi connectivity index (χ3n) is 4.98. The summed E-state index contributed by atoms with van der Waals surface area (Å²) in [4.78, 5) is 30.6. The van der Waals surface area contributed by atoms with Crippen LogP contribution in [0.4, 0.5) is 0 Å². The summed E-state index contributed by atoms with van der Waals surface area (Å²) in [5.74, 6) is -0.157. The molecule has 0 N–H and O–H groups in total. The highest BCUT2D eigenvalue weighted by molar-refractivity contribution is 6.09. The summed E-state index contributed by atoms with van der Waals surface area (Å²) in [6, 6.07) is 23.0. The number of hydrogen-bond donors (Lipinski definition) is 0. The number of nitrogens with zero attached hydrogens (tertiary/aromatic N) is 2. The van der Waals surface area contributed by atoms with Crippen molar-refractivity contribution in [2.75, 3.05) is 0 Å². The molecule has 138 valence electrons. The van der Waals surface area contributed by atoms with E-state index in [1.807, 2.05) is 72.8 Å². The van der Waals surface area contributed by atoms with E-state index in [0.717, 1.165) is 22.2 Å². The molecule has 4 nitrogen and oxygen atoms in total. The van der Waals surface area contributed by atoms with Crippen LogP contribution in [0.15, 0.2) is 83.8 Å². The molecule has 0 spiro atoms. The Labute approximate surface area is 163 Å². The average Bonchev–Trinajstić information content (AvgIpc) is 2.75. The van der Waals surface area contributed by atoms with Crippen LogP contribution in [0.1, 0.15) is 22.5 Å². The first-order chi connectivity index (χ1) is 13.7. The zero-order chi connectivity index (χ0) is 19.5. The molecule has 4 aromatic rings. The monoisotopic (exact) mass is 368 g/mol. The normalized spacial score (nSPS) is 10.9. The van der Waals surface area contributed by atoms with Crippen LogP contribution in [0.25, 0.3) is 22.0 Å². The Balaban J connectivity index is 1.88. The van der Waals surface area contributed by atoms with E-state index >= 15 is 0 Å². The van der Waals surface area contributed by atoms with Gasteiger partial charge in [0.15, 0.2) is 5.78 Å². The first-order valence-corrected chi connectivity index (χ1v) is 9.27. The molecule has 0 atom stereocenters. The summed E-state index contributed by atoms with van der Waals surface area (Å²) in [7, 11) is 1.72. The molecule has 2 heterocycles. The second-order valence-electron chi connectivity index (χ2n) is 6.74. The Morgan fingerprint density at radius 1 is 0.929 bits per heavy atom. The molecule has 4 rings (SSSR count). The average molecular weight is 368 g/mol. The first kappa shape index (κ1) is 17.9. The number of benzene rings is 2. The minimum atomic E-state index is -0.261. The molecule has 0 saturated carbocycles. The lowest BCUT2D eigenvalue weighted by molar-refractivity contribution is 0.0981. The SMILES string of the molecule is Cn1c(=O)c(C(=O)CCc2ccccn2)c(-c2ccccc2)c2ccccc21. The van der Waals surface area contributed by atoms with Gasteiger partial charge in [-0.25, -0.2) is 0 Å². The van der Waals surface area contributed by atoms with Gasteiger partial charge in [-0.05, 0) is 30.2 Å². The maximum absolute atomic E-state index is 13.2. The number of ketones is 1. The van der Waals surface area contributed by atoms with Crippen molar-refractivity contribution < 1.29 is 4.79 Å². The Bertz CT molecular complexity index is 1200. The molecule has 0 aliphatic carbocycles. The standard InChI is InChI=1S/C24H20N2O2/c1-26-20-13-6-5-12-19(20)22(17-9-3-2-4-10-17)23(24(26)28)21(27)15-14-18-11-7-8-16-25-18/h2-13,16H,14-15H2,1H3. The molecule has 4 heteroatoms. The van der Waals surface area contributed by atoms with Gasteiger partial charge >= 0.3 is 0 Å². The maximum Gasteiger partial charge on any atom is 0.262 e. The number of carbonyl (C=O) groups is 1. The summed E-state index contributed by atoms with van der Waals surface area (Å²) >= 11 is 0. The van der Waals surface area contributed by atoms with Crippen LogP contribution in [0, 0.1) is 0 Å². The minimum absolute atomic E-state index is 0.157. The van der Waals surface area contributed by atoms with Crippen molar-refractivity contribution in [1.82, 2.24) is 9.55 Å². The first-order valence-electron chi connectivity index (χ1n) is 9.27. The summed E-state index contributed by atoms with van der Waals surface area (Å²) in [6.07, 6.45) is 2.46. The zero-order valence-electron chi connectivity index (χ0n) is 15.6. The van der Waals surface area contributed by atoms with E-state index in [1.54, 1.807) is 17.8 Å². The van der Waals surface area contributed by atoms with E-state index in [4.69, 9.17) is 0 Å². The van der Waals surface area contributed by atoms with Gasteiger partial charge in [0, 0.05) is 36.3 Å². The van der Waals surface area contributed by atoms with Gasteiger partial charge < -0.3 is 4.57 Å². The lowest BCUT2D eigenvalue weighted by atomic mass is 9.92. The van der Waals surface area contributed by atoms with Crippen LogP contribution >= 0.6 is 0 Å². The van der Waals surface area contributed by atoms with Crippen LogP contribution in [-0.4, -0.2) is 15.3 Å². The molecule has 2 aromatic carbocycles. The number of rotatable bonds is 5. The highest BCUT2D eigenvalue weighted by Gasteiger charge is 2.22. The molecular weight excluding hydrogens is 348 g/mol. The zero-order valence-corrected chi connectivity index (χ0v) is 15.6. The van der Waals surface area contributed by atoms with E-state index in [1.165, 1.54) is 0 Å². The summed E-state index contributed by atoms with van der Waals surface area (Å²) in [5.41, 5.74) is 3.23. The second kappa shape index (κ2) is 7.61. The lowest BCUT2D eigenvalue weighted by Gasteiger charge is -2.15. The van der Waals surface area contributed by atoms with E-state index in [9.17, 15) is 9.59 Å². The molecule has 0 bridgehead atoms. The van der Waals surface area contributed by atoms with Crippen LogP contribution in [-0.2, 0) is 13.5 Å². The van der Waals surface area contributed by atoms with Crippen LogP contribution in [0.3, 0.4) is 0 Å². The van der Waals surface area contributed by atoms with Crippen LogP contribution in [0.5, 0.6) is 0 Å². The minimum Gasteiger partial charge on any atom is -0.311 e. The topological polar surface area (TPSA) is 52.0 Å². The molecule has 0 aliphatic rings. The number of pyridine rings is 2. The van der Waals surface area contributed by atoms with Gasteiger partial charge in [-0.2, -0.15) is 0 Å². The van der Waals surface area contributed by atoms with Gasteiger partial charge in [0.1, 0.15) is 0 Å². The van der Waals surface area contributed by atoms with Crippen molar-refractivity contribution in [3.8, 4) is 11.1 Å². The molecule has 28 heavy (non-hydrogen) atoms. The number of para-hydroxylation sites is 1. The second-order valence-corrected chi connectivity index (χ2v) is 6.74. The van der Waals surface area contributed by atoms with Gasteiger partial charge in [0.05, 0.1) is 11.1 Å². The van der Waals surface area contributed by atoms with E-state index in [0.29, 0.717) is 12.0 Å².